The number of carbonyl (C=O) groups excluding carboxylic acids is 3. The van der Waals surface area contributed by atoms with Gasteiger partial charge in [-0.1, -0.05) is 17.2 Å². The van der Waals surface area contributed by atoms with Crippen LogP contribution < -0.4 is 20.0 Å². The van der Waals surface area contributed by atoms with Gasteiger partial charge in [-0.3, -0.25) is 19.8 Å². The maximum atomic E-state index is 15.0. The van der Waals surface area contributed by atoms with E-state index in [1.807, 2.05) is 29.2 Å². The minimum Gasteiger partial charge on any atom is -0.444 e. The number of nitrogens with one attached hydrogen (secondary N) is 1. The molecule has 0 aliphatic carbocycles. The second kappa shape index (κ2) is 10.4. The summed E-state index contributed by atoms with van der Waals surface area (Å²) < 4.78 is 20.2. The molecule has 190 valence electrons. The first kappa shape index (κ1) is 24.5. The Kier molecular flexibility index (Phi) is 6.89. The molecule has 1 atom stereocenters. The molecule has 1 N–H and O–H groups in total. The summed E-state index contributed by atoms with van der Waals surface area (Å²) in [6, 6.07) is 12.4. The van der Waals surface area contributed by atoms with Crippen LogP contribution in [-0.4, -0.2) is 62.6 Å². The number of ether oxygens (including phenoxy) is 1. The molecular weight excluding hydrogens is 501 g/mol. The molecule has 0 bridgehead atoms. The normalized spacial score (nSPS) is 20.8. The Balaban J connectivity index is 1.19. The van der Waals surface area contributed by atoms with Gasteiger partial charge in [-0.15, -0.1) is 0 Å². The summed E-state index contributed by atoms with van der Waals surface area (Å²) in [5.74, 6) is -0.813. The lowest BCUT2D eigenvalue weighted by Crippen LogP contribution is -2.46. The van der Waals surface area contributed by atoms with Gasteiger partial charge in [0, 0.05) is 36.8 Å². The predicted molar refractivity (Wildman–Crippen MR) is 138 cm³/mol. The van der Waals surface area contributed by atoms with Crippen molar-refractivity contribution in [3.63, 3.8) is 0 Å². The molecule has 13 heteroatoms. The summed E-state index contributed by atoms with van der Waals surface area (Å²) in [7, 11) is 0. The van der Waals surface area contributed by atoms with Crippen LogP contribution in [0.15, 0.2) is 52.5 Å². The highest BCUT2D eigenvalue weighted by Crippen LogP contribution is 2.30. The summed E-state index contributed by atoms with van der Waals surface area (Å²) in [5, 5.41) is 5.30. The van der Waals surface area contributed by atoms with Crippen molar-refractivity contribution in [1.82, 2.24) is 5.32 Å². The summed E-state index contributed by atoms with van der Waals surface area (Å²) in [4.78, 5) is 43.7. The van der Waals surface area contributed by atoms with Crippen molar-refractivity contribution in [2.24, 2.45) is 5.11 Å². The molecule has 0 saturated carbocycles. The number of hydrogen-bond acceptors (Lipinski definition) is 8. The molecule has 0 unspecified atom stereocenters. The van der Waals surface area contributed by atoms with E-state index >= 15 is 4.39 Å². The van der Waals surface area contributed by atoms with Crippen LogP contribution in [0.5, 0.6) is 0 Å². The van der Waals surface area contributed by atoms with Gasteiger partial charge in [0.2, 0.25) is 0 Å². The summed E-state index contributed by atoms with van der Waals surface area (Å²) in [6.07, 6.45) is 0.525. The fraction of sp³-hybridized carbons (Fsp3) is 0.292. The zero-order valence-corrected chi connectivity index (χ0v) is 20.4. The van der Waals surface area contributed by atoms with Gasteiger partial charge in [-0.05, 0) is 59.3 Å². The molecule has 3 aliphatic rings. The van der Waals surface area contributed by atoms with E-state index < -0.39 is 18.0 Å². The molecule has 0 aromatic heterocycles. The van der Waals surface area contributed by atoms with Crippen LogP contribution in [0.2, 0.25) is 0 Å². The van der Waals surface area contributed by atoms with Gasteiger partial charge in [0.15, 0.2) is 0 Å². The molecule has 2 aromatic rings. The van der Waals surface area contributed by atoms with Crippen molar-refractivity contribution in [3.8, 4) is 0 Å². The van der Waals surface area contributed by atoms with Gasteiger partial charge < -0.3 is 14.5 Å². The third-order valence-electron chi connectivity index (χ3n) is 6.28. The molecule has 0 radical (unpaired) electrons. The molecular formula is C24H22FN7O4S. The van der Waals surface area contributed by atoms with Crippen LogP contribution in [0.4, 0.5) is 31.0 Å². The average molecular weight is 524 g/mol. The number of nitrogens with zero attached hydrogens (tertiary/aromatic N) is 6. The molecule has 3 amide bonds. The Labute approximate surface area is 215 Å². The van der Waals surface area contributed by atoms with Crippen molar-refractivity contribution in [2.75, 3.05) is 54.0 Å². The zero-order chi connectivity index (χ0) is 25.9. The van der Waals surface area contributed by atoms with Crippen molar-refractivity contribution >= 4 is 52.1 Å². The number of carbonyl (C=O) groups is 3. The van der Waals surface area contributed by atoms with Crippen LogP contribution in [0.1, 0.15) is 5.56 Å². The molecule has 2 aromatic carbocycles. The number of benzene rings is 2. The van der Waals surface area contributed by atoms with Gasteiger partial charge in [0.05, 0.1) is 29.4 Å². The van der Waals surface area contributed by atoms with E-state index in [4.69, 9.17) is 10.3 Å². The number of imide groups is 1. The highest BCUT2D eigenvalue weighted by molar-refractivity contribution is 8.18. The van der Waals surface area contributed by atoms with Crippen molar-refractivity contribution in [1.29, 1.82) is 0 Å². The molecule has 3 fully saturated rings. The number of thioether (sulfide) groups is 1. The van der Waals surface area contributed by atoms with Crippen LogP contribution >= 0.6 is 11.8 Å². The van der Waals surface area contributed by atoms with Gasteiger partial charge >= 0.3 is 6.09 Å². The fourth-order valence-corrected chi connectivity index (χ4v) is 5.12. The summed E-state index contributed by atoms with van der Waals surface area (Å²) in [5.41, 5.74) is 11.1. The highest BCUT2D eigenvalue weighted by atomic mass is 32.2. The molecule has 5 rings (SSSR count). The smallest absolute Gasteiger partial charge is 0.414 e. The number of cyclic esters (lactones) is 1. The first-order chi connectivity index (χ1) is 17.9. The minimum atomic E-state index is -0.597. The number of rotatable bonds is 6. The van der Waals surface area contributed by atoms with E-state index in [-0.39, 0.29) is 24.2 Å². The monoisotopic (exact) mass is 523 g/mol. The number of piperazine rings is 1. The molecule has 0 spiro atoms. The van der Waals surface area contributed by atoms with Crippen LogP contribution in [0.3, 0.4) is 0 Å². The summed E-state index contributed by atoms with van der Waals surface area (Å²) >= 11 is 0.885. The van der Waals surface area contributed by atoms with E-state index in [0.717, 1.165) is 23.0 Å². The number of hydrogen-bond donors (Lipinski definition) is 1. The zero-order valence-electron chi connectivity index (χ0n) is 19.5. The van der Waals surface area contributed by atoms with Gasteiger partial charge in [-0.25, -0.2) is 9.18 Å². The second-order valence-corrected chi connectivity index (χ2v) is 9.60. The van der Waals surface area contributed by atoms with Crippen molar-refractivity contribution in [3.05, 3.63) is 69.2 Å². The SMILES string of the molecule is [N-]=[N+]=NC[C@H]1CN(c2ccc(N3CCN(c4ccc(/C=C5\SC(=O)NC5=O)cc4)CC3)c(F)c2)C(=O)O1. The van der Waals surface area contributed by atoms with E-state index in [2.05, 4.69) is 20.2 Å². The Morgan fingerprint density at radius 1 is 1.08 bits per heavy atom. The quantitative estimate of drug-likeness (QED) is 0.261. The molecule has 3 aliphatic heterocycles. The highest BCUT2D eigenvalue weighted by Gasteiger charge is 2.32. The standard InChI is InChI=1S/C24H22FN7O4S/c25-19-12-17(32-14-18(13-27-29-26)36-24(32)35)5-6-20(19)31-9-7-30(8-10-31)16-3-1-15(2-4-16)11-21-22(33)28-23(34)37-21/h1-6,11-12,18H,7-10,13-14H2,(H,28,33,34)/b21-11-/t18-/m0/s1. The molecule has 37 heavy (non-hydrogen) atoms. The maximum absolute atomic E-state index is 15.0. The van der Waals surface area contributed by atoms with Gasteiger partial charge in [0.1, 0.15) is 11.9 Å². The van der Waals surface area contributed by atoms with Crippen LogP contribution in [-0.2, 0) is 9.53 Å². The molecule has 3 heterocycles. The van der Waals surface area contributed by atoms with Gasteiger partial charge in [-0.2, -0.15) is 0 Å². The minimum absolute atomic E-state index is 0.0290. The lowest BCUT2D eigenvalue weighted by molar-refractivity contribution is -0.115. The molecule has 3 saturated heterocycles. The van der Waals surface area contributed by atoms with Crippen LogP contribution in [0, 0.1) is 5.82 Å². The largest absolute Gasteiger partial charge is 0.444 e. The number of halogens is 1. The number of anilines is 3. The lowest BCUT2D eigenvalue weighted by atomic mass is 10.1. The first-order valence-corrected chi connectivity index (χ1v) is 12.4. The van der Waals surface area contributed by atoms with E-state index in [1.54, 1.807) is 18.2 Å². The maximum Gasteiger partial charge on any atom is 0.414 e. The van der Waals surface area contributed by atoms with Crippen LogP contribution in [0.25, 0.3) is 16.5 Å². The Morgan fingerprint density at radius 2 is 1.78 bits per heavy atom. The Bertz CT molecular complexity index is 1320. The van der Waals surface area contributed by atoms with Crippen molar-refractivity contribution in [2.45, 2.75) is 6.10 Å². The first-order valence-electron chi connectivity index (χ1n) is 11.5. The average Bonchev–Trinajstić information content (AvgIpc) is 3.43. The Hall–Kier alpha value is -4.22. The van der Waals surface area contributed by atoms with E-state index in [0.29, 0.717) is 42.5 Å². The van der Waals surface area contributed by atoms with Gasteiger partial charge in [0.25, 0.3) is 11.1 Å². The predicted octanol–water partition coefficient (Wildman–Crippen LogP) is 4.11. The second-order valence-electron chi connectivity index (χ2n) is 8.58. The topological polar surface area (TPSA) is 131 Å². The lowest BCUT2D eigenvalue weighted by Gasteiger charge is -2.37. The molecule has 11 nitrogen and oxygen atoms in total. The summed E-state index contributed by atoms with van der Waals surface area (Å²) in [6.45, 7) is 2.82. The third-order valence-corrected chi connectivity index (χ3v) is 7.09. The fourth-order valence-electron chi connectivity index (χ4n) is 4.43. The van der Waals surface area contributed by atoms with E-state index in [9.17, 15) is 14.4 Å². The third kappa shape index (κ3) is 5.32. The number of azide groups is 1. The number of amides is 3. The van der Waals surface area contributed by atoms with Crippen molar-refractivity contribution < 1.29 is 23.5 Å². The Morgan fingerprint density at radius 3 is 2.43 bits per heavy atom. The van der Waals surface area contributed by atoms with E-state index in [1.165, 1.54) is 11.0 Å².